The molecule has 0 amide bonds. The maximum atomic E-state index is 5.46. The predicted molar refractivity (Wildman–Crippen MR) is 254 cm³/mol. The molecule has 0 bridgehead atoms. The normalized spacial score (nSPS) is 11.3. The van der Waals surface area contributed by atoms with Crippen LogP contribution in [0.15, 0.2) is 237 Å². The largest absolute Gasteiger partial charge is 0.248 e. The zero-order valence-electron chi connectivity index (χ0n) is 33.4. The fourth-order valence-electron chi connectivity index (χ4n) is 8.62. The monoisotopic (exact) mass is 777 g/mol. The van der Waals surface area contributed by atoms with Crippen LogP contribution in [-0.2, 0) is 0 Å². The minimum atomic E-state index is 0.918. The first kappa shape index (κ1) is 36.0. The van der Waals surface area contributed by atoms with Crippen LogP contribution in [0, 0.1) is 0 Å². The van der Waals surface area contributed by atoms with E-state index < -0.39 is 0 Å². The van der Waals surface area contributed by atoms with Gasteiger partial charge in [-0.2, -0.15) is 5.10 Å². The number of benzene rings is 8. The maximum Gasteiger partial charge on any atom is 0.101 e. The summed E-state index contributed by atoms with van der Waals surface area (Å²) in [5.74, 6) is 0. The summed E-state index contributed by atoms with van der Waals surface area (Å²) in [7, 11) is 0. The highest BCUT2D eigenvalue weighted by atomic mass is 15.2. The Labute approximate surface area is 355 Å². The van der Waals surface area contributed by atoms with Crippen molar-refractivity contribution in [1.82, 2.24) is 14.6 Å². The van der Waals surface area contributed by atoms with E-state index >= 15 is 0 Å². The quantitative estimate of drug-likeness (QED) is 0.154. The van der Waals surface area contributed by atoms with Gasteiger partial charge in [-0.05, 0) is 62.5 Å². The molecule has 0 radical (unpaired) electrons. The van der Waals surface area contributed by atoms with E-state index in [2.05, 4.69) is 241 Å². The number of hydrogen-bond donors (Lipinski definition) is 0. The molecule has 0 saturated heterocycles. The average molecular weight is 778 g/mol. The lowest BCUT2D eigenvalue weighted by atomic mass is 9.92. The molecule has 0 fully saturated rings. The lowest BCUT2D eigenvalue weighted by molar-refractivity contribution is 0.979. The second kappa shape index (κ2) is 15.6. The Hall–Kier alpha value is -8.14. The molecule has 61 heavy (non-hydrogen) atoms. The van der Waals surface area contributed by atoms with Gasteiger partial charge in [-0.3, -0.25) is 0 Å². The summed E-state index contributed by atoms with van der Waals surface area (Å²) in [5.41, 5.74) is 18.4. The lowest BCUT2D eigenvalue weighted by Gasteiger charge is -2.16. The summed E-state index contributed by atoms with van der Waals surface area (Å²) < 4.78 is 2.16. The van der Waals surface area contributed by atoms with Crippen LogP contribution in [0.25, 0.3) is 106 Å². The lowest BCUT2D eigenvalue weighted by Crippen LogP contribution is -1.97. The van der Waals surface area contributed by atoms with Gasteiger partial charge in [0.15, 0.2) is 0 Å². The molecule has 11 aromatic rings. The van der Waals surface area contributed by atoms with E-state index in [-0.39, 0.29) is 0 Å². The molecule has 11 rings (SSSR count). The van der Waals surface area contributed by atoms with Gasteiger partial charge in [0, 0.05) is 33.2 Å². The van der Waals surface area contributed by atoms with Gasteiger partial charge in [0.2, 0.25) is 0 Å². The number of nitrogens with zero attached hydrogens (tertiary/aromatic N) is 3. The summed E-state index contributed by atoms with van der Waals surface area (Å²) in [6.07, 6.45) is 0. The van der Waals surface area contributed by atoms with Crippen molar-refractivity contribution in [3.05, 3.63) is 237 Å². The molecule has 0 N–H and O–H groups in total. The van der Waals surface area contributed by atoms with Crippen molar-refractivity contribution in [2.24, 2.45) is 0 Å². The van der Waals surface area contributed by atoms with Crippen molar-refractivity contribution < 1.29 is 0 Å². The molecule has 0 spiro atoms. The van der Waals surface area contributed by atoms with E-state index in [1.54, 1.807) is 0 Å². The summed E-state index contributed by atoms with van der Waals surface area (Å²) in [5, 5.41) is 7.74. The highest BCUT2D eigenvalue weighted by molar-refractivity contribution is 6.12. The molecule has 0 saturated carbocycles. The number of fused-ring (bicyclic) bond motifs is 3. The summed E-state index contributed by atoms with van der Waals surface area (Å²) in [6.45, 7) is 0. The summed E-state index contributed by atoms with van der Waals surface area (Å²) in [4.78, 5) is 5.38. The van der Waals surface area contributed by atoms with Crippen molar-refractivity contribution in [2.75, 3.05) is 0 Å². The van der Waals surface area contributed by atoms with Crippen LogP contribution >= 0.6 is 0 Å². The third-order valence-corrected chi connectivity index (χ3v) is 11.6. The van der Waals surface area contributed by atoms with Gasteiger partial charge in [0.25, 0.3) is 0 Å². The molecule has 0 aliphatic heterocycles. The van der Waals surface area contributed by atoms with Crippen LogP contribution in [0.3, 0.4) is 0 Å². The van der Waals surface area contributed by atoms with Crippen molar-refractivity contribution >= 4 is 16.3 Å². The smallest absolute Gasteiger partial charge is 0.101 e. The van der Waals surface area contributed by atoms with E-state index in [1.165, 1.54) is 22.3 Å². The van der Waals surface area contributed by atoms with Gasteiger partial charge < -0.3 is 0 Å². The molecule has 0 aliphatic rings. The minimum Gasteiger partial charge on any atom is -0.248 e. The topological polar surface area (TPSA) is 30.2 Å². The zero-order chi connectivity index (χ0) is 40.5. The Balaban J connectivity index is 1.16. The van der Waals surface area contributed by atoms with Gasteiger partial charge in [-0.25, -0.2) is 9.50 Å². The van der Waals surface area contributed by atoms with Crippen molar-refractivity contribution in [1.29, 1.82) is 0 Å². The van der Waals surface area contributed by atoms with Gasteiger partial charge in [-0.1, -0.05) is 218 Å². The highest BCUT2D eigenvalue weighted by Gasteiger charge is 2.23. The third kappa shape index (κ3) is 6.78. The van der Waals surface area contributed by atoms with E-state index in [0.29, 0.717) is 0 Å². The van der Waals surface area contributed by atoms with Crippen LogP contribution in [-0.4, -0.2) is 14.6 Å². The Kier molecular flexibility index (Phi) is 9.18. The molecule has 3 aromatic heterocycles. The highest BCUT2D eigenvalue weighted by Crippen LogP contribution is 2.44. The fraction of sp³-hybridized carbons (Fsp3) is 0. The molecule has 3 nitrogen and oxygen atoms in total. The number of aromatic nitrogens is 3. The molecular weight excluding hydrogens is 739 g/mol. The molecular formula is C58H39N3. The van der Waals surface area contributed by atoms with E-state index in [1.807, 2.05) is 0 Å². The van der Waals surface area contributed by atoms with Crippen LogP contribution in [0.1, 0.15) is 0 Å². The SMILES string of the molecule is c1ccc(-c2ccc(-c3cc(-c4cccc5c4cc(-c4ccccc4)n4nc(-c6ccccc6)c(-c6ccccc6)c54)cc(-c4ccc(-c5ccccc5)cc4)n3)cc2)cc1. The number of rotatable bonds is 8. The van der Waals surface area contributed by atoms with Gasteiger partial charge in [0.1, 0.15) is 5.69 Å². The predicted octanol–water partition coefficient (Wildman–Crippen LogP) is 15.2. The van der Waals surface area contributed by atoms with E-state index in [4.69, 9.17) is 10.1 Å². The summed E-state index contributed by atoms with van der Waals surface area (Å²) in [6, 6.07) is 84.0. The Morgan fingerprint density at radius 2 is 0.721 bits per heavy atom. The number of pyridine rings is 2. The third-order valence-electron chi connectivity index (χ3n) is 11.6. The number of hydrogen-bond acceptors (Lipinski definition) is 2. The van der Waals surface area contributed by atoms with Crippen LogP contribution in [0.4, 0.5) is 0 Å². The molecule has 0 atom stereocenters. The first-order valence-corrected chi connectivity index (χ1v) is 20.7. The van der Waals surface area contributed by atoms with Crippen LogP contribution in [0.5, 0.6) is 0 Å². The van der Waals surface area contributed by atoms with Gasteiger partial charge in [0.05, 0.1) is 22.6 Å². The fourth-order valence-corrected chi connectivity index (χ4v) is 8.62. The van der Waals surface area contributed by atoms with Crippen LogP contribution < -0.4 is 0 Å². The first-order chi connectivity index (χ1) is 30.2. The molecule has 3 heteroatoms. The molecule has 286 valence electrons. The molecule has 0 unspecified atom stereocenters. The molecule has 3 heterocycles. The maximum absolute atomic E-state index is 5.46. The Morgan fingerprint density at radius 3 is 1.23 bits per heavy atom. The molecule has 0 aliphatic carbocycles. The van der Waals surface area contributed by atoms with Gasteiger partial charge >= 0.3 is 0 Å². The van der Waals surface area contributed by atoms with Crippen LogP contribution in [0.2, 0.25) is 0 Å². The first-order valence-electron chi connectivity index (χ1n) is 20.7. The minimum absolute atomic E-state index is 0.918. The second-order valence-electron chi connectivity index (χ2n) is 15.4. The van der Waals surface area contributed by atoms with Crippen molar-refractivity contribution in [3.63, 3.8) is 0 Å². The zero-order valence-corrected chi connectivity index (χ0v) is 33.4. The molecule has 8 aromatic carbocycles. The average Bonchev–Trinajstić information content (AvgIpc) is 3.76. The van der Waals surface area contributed by atoms with Gasteiger partial charge in [-0.15, -0.1) is 0 Å². The Morgan fingerprint density at radius 1 is 0.295 bits per heavy atom. The standard InChI is InChI=1S/C58H39N3/c1-6-17-40(18-7-1)42-29-33-44(34-30-42)53-37-49(38-54(59-53)45-35-31-43(32-36-45)41-19-8-2-9-20-41)50-27-16-28-51-52(50)39-55(46-21-10-3-11-22-46)61-58(51)56(47-23-12-4-13-24-47)57(60-61)48-25-14-5-15-26-48/h1-39H. The van der Waals surface area contributed by atoms with E-state index in [9.17, 15) is 0 Å². The summed E-state index contributed by atoms with van der Waals surface area (Å²) >= 11 is 0. The van der Waals surface area contributed by atoms with Crippen molar-refractivity contribution in [2.45, 2.75) is 0 Å². The second-order valence-corrected chi connectivity index (χ2v) is 15.4. The van der Waals surface area contributed by atoms with E-state index in [0.717, 1.165) is 83.6 Å². The van der Waals surface area contributed by atoms with Crippen molar-refractivity contribution in [3.8, 4) is 89.5 Å². The Bertz CT molecular complexity index is 3180.